The van der Waals surface area contributed by atoms with E-state index in [1.54, 1.807) is 24.4 Å². The lowest BCUT2D eigenvalue weighted by Crippen LogP contribution is -2.27. The second-order valence-corrected chi connectivity index (χ2v) is 11.7. The minimum absolute atomic E-state index is 0.0178. The number of hydrogen-bond acceptors (Lipinski definition) is 4. The van der Waals surface area contributed by atoms with Crippen LogP contribution < -0.4 is 0 Å². The number of benzene rings is 2. The van der Waals surface area contributed by atoms with E-state index < -0.39 is 0 Å². The van der Waals surface area contributed by atoms with Gasteiger partial charge >= 0.3 is 0 Å². The van der Waals surface area contributed by atoms with E-state index in [-0.39, 0.29) is 29.2 Å². The van der Waals surface area contributed by atoms with Gasteiger partial charge in [0.1, 0.15) is 0 Å². The van der Waals surface area contributed by atoms with Crippen molar-refractivity contribution in [2.24, 2.45) is 16.3 Å². The number of H-pyrrole nitrogens is 1. The molecule has 1 fully saturated rings. The van der Waals surface area contributed by atoms with Gasteiger partial charge in [0.15, 0.2) is 0 Å². The molecule has 2 aromatic carbocycles. The Labute approximate surface area is 229 Å². The molecule has 3 aromatic rings. The first-order valence-corrected chi connectivity index (χ1v) is 13.7. The molecule has 7 heteroatoms. The summed E-state index contributed by atoms with van der Waals surface area (Å²) >= 11 is 0. The lowest BCUT2D eigenvalue weighted by Gasteiger charge is -2.29. The van der Waals surface area contributed by atoms with Crippen LogP contribution in [0.2, 0.25) is 0 Å². The second-order valence-electron chi connectivity index (χ2n) is 11.7. The Kier molecular flexibility index (Phi) is 6.55. The van der Waals surface area contributed by atoms with Crippen molar-refractivity contribution >= 4 is 18.0 Å². The van der Waals surface area contributed by atoms with Crippen LogP contribution in [0.3, 0.4) is 0 Å². The number of fused-ring (bicyclic) bond motifs is 2. The molecule has 0 radical (unpaired) electrons. The van der Waals surface area contributed by atoms with Crippen LogP contribution in [0.25, 0.3) is 11.3 Å². The molecule has 2 amide bonds. The number of ether oxygens (including phenoxy) is 1. The van der Waals surface area contributed by atoms with Gasteiger partial charge in [0.25, 0.3) is 11.8 Å². The van der Waals surface area contributed by atoms with Crippen molar-refractivity contribution < 1.29 is 14.3 Å². The Hall–Kier alpha value is -3.84. The second kappa shape index (κ2) is 10.0. The number of aromatic nitrogens is 2. The normalized spacial score (nSPS) is 20.7. The van der Waals surface area contributed by atoms with Crippen LogP contribution in [0.5, 0.6) is 0 Å². The van der Waals surface area contributed by atoms with Crippen molar-refractivity contribution in [3.8, 4) is 11.3 Å². The summed E-state index contributed by atoms with van der Waals surface area (Å²) in [5.41, 5.74) is 7.98. The lowest BCUT2D eigenvalue weighted by molar-refractivity contribution is 0.0736. The maximum Gasteiger partial charge on any atom is 0.276 e. The minimum Gasteiger partial charge on any atom is -0.381 e. The third-order valence-electron chi connectivity index (χ3n) is 8.30. The van der Waals surface area contributed by atoms with Crippen LogP contribution in [0, 0.1) is 11.3 Å². The van der Waals surface area contributed by atoms with Crippen LogP contribution in [-0.4, -0.2) is 46.3 Å². The summed E-state index contributed by atoms with van der Waals surface area (Å²) in [5, 5.41) is 7.94. The summed E-state index contributed by atoms with van der Waals surface area (Å²) in [5.74, 6) is -0.0898. The molecule has 0 saturated carbocycles. The molecule has 0 bridgehead atoms. The first-order chi connectivity index (χ1) is 18.8. The predicted octanol–water partition coefficient (Wildman–Crippen LogP) is 5.72. The average molecular weight is 523 g/mol. The molecule has 2 atom stereocenters. The molecule has 7 nitrogen and oxygen atoms in total. The summed E-state index contributed by atoms with van der Waals surface area (Å²) in [6.07, 6.45) is 7.52. The van der Waals surface area contributed by atoms with E-state index in [1.165, 1.54) is 11.3 Å². The fraction of sp³-hybridized carbons (Fsp3) is 0.375. The Morgan fingerprint density at radius 2 is 2.08 bits per heavy atom. The zero-order chi connectivity index (χ0) is 27.1. The number of carbonyl (C=O) groups is 2. The first kappa shape index (κ1) is 25.4. The molecule has 1 aromatic heterocycles. The molecule has 3 heterocycles. The smallest absolute Gasteiger partial charge is 0.276 e. The van der Waals surface area contributed by atoms with E-state index in [0.29, 0.717) is 30.9 Å². The van der Waals surface area contributed by atoms with Crippen molar-refractivity contribution in [3.05, 3.63) is 88.6 Å². The third-order valence-corrected chi connectivity index (χ3v) is 8.30. The number of nitrogens with one attached hydrogen (secondary N) is 1. The molecule has 39 heavy (non-hydrogen) atoms. The van der Waals surface area contributed by atoms with Gasteiger partial charge in [0.2, 0.25) is 0 Å². The number of nitrogens with zero attached hydrogens (tertiary/aromatic N) is 3. The van der Waals surface area contributed by atoms with Crippen molar-refractivity contribution in [2.75, 3.05) is 13.2 Å². The van der Waals surface area contributed by atoms with Gasteiger partial charge in [-0.2, -0.15) is 5.10 Å². The Bertz CT molecular complexity index is 1460. The largest absolute Gasteiger partial charge is 0.381 e. The highest BCUT2D eigenvalue weighted by atomic mass is 16.5. The van der Waals surface area contributed by atoms with Crippen molar-refractivity contribution in [3.63, 3.8) is 0 Å². The van der Waals surface area contributed by atoms with E-state index in [4.69, 9.17) is 4.74 Å². The maximum atomic E-state index is 13.4. The van der Waals surface area contributed by atoms with Gasteiger partial charge in [-0.05, 0) is 66.5 Å². The summed E-state index contributed by atoms with van der Waals surface area (Å²) in [6.45, 7) is 10.4. The number of hydrogen-bond donors (Lipinski definition) is 1. The van der Waals surface area contributed by atoms with Crippen LogP contribution in [0.1, 0.15) is 75.8 Å². The zero-order valence-corrected chi connectivity index (χ0v) is 22.6. The fourth-order valence-electron chi connectivity index (χ4n) is 5.99. The summed E-state index contributed by atoms with van der Waals surface area (Å²) < 4.78 is 5.34. The van der Waals surface area contributed by atoms with Gasteiger partial charge in [-0.25, -0.2) is 4.99 Å². The number of aliphatic imine (C=N–C) groups is 1. The topological polar surface area (TPSA) is 87.7 Å². The standard InChI is InChI=1S/C32H34N4O3/c1-4-28(21-5-7-22(8-6-21)30(37)33-17-20-12-14-39-19-20)36-18-24-15-23(9-10-25(24)31(36)38)29-26-11-13-32(2,3)16-27(26)34-35-29/h4-10,15,17,20,28H,1,11-14,16,18-19H2,2-3H3,(H,34,35)/t20?,28-/m1/s1. The van der Waals surface area contributed by atoms with E-state index in [0.717, 1.165) is 48.1 Å². The molecule has 0 spiro atoms. The van der Waals surface area contributed by atoms with E-state index in [2.05, 4.69) is 41.7 Å². The van der Waals surface area contributed by atoms with E-state index >= 15 is 0 Å². The highest BCUT2D eigenvalue weighted by Gasteiger charge is 2.34. The number of amides is 2. The molecular weight excluding hydrogens is 488 g/mol. The first-order valence-electron chi connectivity index (χ1n) is 13.7. The van der Waals surface area contributed by atoms with Gasteiger partial charge in [0.05, 0.1) is 18.3 Å². The van der Waals surface area contributed by atoms with Crippen LogP contribution in [0.15, 0.2) is 60.1 Å². The minimum atomic E-state index is -0.308. The van der Waals surface area contributed by atoms with Crippen molar-refractivity contribution in [1.29, 1.82) is 0 Å². The SMILES string of the molecule is C=C[C@H](c1ccc(C(=O)N=CC2CCOC2)cc1)N1Cc2cc(-c3n[nH]c4c3CCC(C)(C)C4)ccc2C1=O. The summed E-state index contributed by atoms with van der Waals surface area (Å²) in [7, 11) is 0. The third kappa shape index (κ3) is 4.87. The maximum absolute atomic E-state index is 13.4. The van der Waals surface area contributed by atoms with Crippen molar-refractivity contribution in [1.82, 2.24) is 15.1 Å². The molecule has 1 N–H and O–H groups in total. The zero-order valence-electron chi connectivity index (χ0n) is 22.6. The molecule has 6 rings (SSSR count). The van der Waals surface area contributed by atoms with Gasteiger partial charge in [-0.15, -0.1) is 6.58 Å². The fourth-order valence-corrected chi connectivity index (χ4v) is 5.99. The molecule has 1 aliphatic carbocycles. The highest BCUT2D eigenvalue weighted by Crippen LogP contribution is 2.39. The quantitative estimate of drug-likeness (QED) is 0.331. The highest BCUT2D eigenvalue weighted by molar-refractivity contribution is 6.00. The monoisotopic (exact) mass is 522 g/mol. The van der Waals surface area contributed by atoms with Gasteiger partial charge in [-0.1, -0.05) is 38.1 Å². The van der Waals surface area contributed by atoms with Gasteiger partial charge in [0, 0.05) is 53.2 Å². The number of rotatable bonds is 6. The Balaban J connectivity index is 1.19. The van der Waals surface area contributed by atoms with Gasteiger partial charge < -0.3 is 9.64 Å². The average Bonchev–Trinajstić information content (AvgIpc) is 3.67. The molecule has 1 saturated heterocycles. The molecular formula is C32H34N4O3. The van der Waals surface area contributed by atoms with Gasteiger partial charge in [-0.3, -0.25) is 14.7 Å². The number of aromatic amines is 1. The lowest BCUT2D eigenvalue weighted by atomic mass is 9.76. The summed E-state index contributed by atoms with van der Waals surface area (Å²) in [4.78, 5) is 31.9. The van der Waals surface area contributed by atoms with Crippen LogP contribution >= 0.6 is 0 Å². The van der Waals surface area contributed by atoms with Crippen molar-refractivity contribution in [2.45, 2.75) is 52.1 Å². The molecule has 3 aliphatic rings. The van der Waals surface area contributed by atoms with E-state index in [9.17, 15) is 9.59 Å². The van der Waals surface area contributed by atoms with Crippen LogP contribution in [-0.2, 0) is 24.1 Å². The molecule has 2 aliphatic heterocycles. The Morgan fingerprint density at radius 1 is 1.26 bits per heavy atom. The number of carbonyl (C=O) groups excluding carboxylic acids is 2. The van der Waals surface area contributed by atoms with E-state index in [1.807, 2.05) is 29.2 Å². The molecule has 200 valence electrons. The molecule has 1 unspecified atom stereocenters. The van der Waals surface area contributed by atoms with Crippen LogP contribution in [0.4, 0.5) is 0 Å². The summed E-state index contributed by atoms with van der Waals surface area (Å²) in [6, 6.07) is 13.0. The Morgan fingerprint density at radius 3 is 2.82 bits per heavy atom. The predicted molar refractivity (Wildman–Crippen MR) is 151 cm³/mol.